The van der Waals surface area contributed by atoms with E-state index in [9.17, 15) is 0 Å². The monoisotopic (exact) mass is 499 g/mol. The molecule has 0 fully saturated rings. The van der Waals surface area contributed by atoms with Crippen molar-refractivity contribution < 1.29 is 0 Å². The zero-order valence-electron chi connectivity index (χ0n) is 24.5. The molecule has 4 N–H and O–H groups in total. The van der Waals surface area contributed by atoms with Gasteiger partial charge in [-0.25, -0.2) is 15.0 Å². The number of imidazole rings is 2. The normalized spacial score (nSPS) is 13.7. The summed E-state index contributed by atoms with van der Waals surface area (Å²) in [7, 11) is 0. The van der Waals surface area contributed by atoms with Crippen molar-refractivity contribution in [3.63, 3.8) is 0 Å². The minimum Gasteiger partial charge on any atom is -0.372 e. The Morgan fingerprint density at radius 3 is 1.25 bits per heavy atom. The molecule has 9 nitrogen and oxygen atoms in total. The minimum absolute atomic E-state index is 0.0938. The Balaban J connectivity index is 0.000000240. The van der Waals surface area contributed by atoms with Crippen LogP contribution in [0.15, 0.2) is 36.1 Å². The highest BCUT2D eigenvalue weighted by molar-refractivity contribution is 5.88. The molecule has 0 aromatic carbocycles. The lowest BCUT2D eigenvalue weighted by atomic mass is 9.95. The van der Waals surface area contributed by atoms with Crippen LogP contribution in [0, 0.1) is 5.41 Å². The number of nitrogens with zero attached hydrogens (tertiary/aromatic N) is 5. The third-order valence-corrected chi connectivity index (χ3v) is 4.93. The molecule has 3 aromatic heterocycles. The van der Waals surface area contributed by atoms with Crippen LogP contribution in [0.4, 0.5) is 0 Å². The van der Waals surface area contributed by atoms with Gasteiger partial charge in [0, 0.05) is 53.0 Å². The van der Waals surface area contributed by atoms with E-state index in [1.54, 1.807) is 12.4 Å². The Labute approximate surface area is 217 Å². The smallest absolute Gasteiger partial charge is 0.137 e. The maximum atomic E-state index is 4.31. The fourth-order valence-electron chi connectivity index (χ4n) is 2.82. The van der Waals surface area contributed by atoms with Crippen LogP contribution in [0.5, 0.6) is 0 Å². The number of nitrogens with one attached hydrogen (secondary N) is 4. The SMILES string of the molecule is CC(C)(C)C1=NCCN1.CC(C)(C)c1ncc[nH]1.CC(C)(C)c1ncc[nH]1.CC(C)(C)c1ncn[nH]1. The van der Waals surface area contributed by atoms with Crippen molar-refractivity contribution in [3.8, 4) is 0 Å². The predicted octanol–water partition coefficient (Wildman–Crippen LogP) is 5.55. The summed E-state index contributed by atoms with van der Waals surface area (Å²) >= 11 is 0. The fourth-order valence-corrected chi connectivity index (χ4v) is 2.82. The maximum absolute atomic E-state index is 4.31. The number of aromatic nitrogens is 7. The van der Waals surface area contributed by atoms with E-state index < -0.39 is 0 Å². The fraction of sp³-hybridized carbons (Fsp3) is 0.667. The van der Waals surface area contributed by atoms with Crippen molar-refractivity contribution in [1.29, 1.82) is 0 Å². The van der Waals surface area contributed by atoms with E-state index in [0.717, 1.165) is 36.4 Å². The Morgan fingerprint density at radius 2 is 1.08 bits per heavy atom. The average Bonchev–Trinajstić information content (AvgIpc) is 3.57. The second kappa shape index (κ2) is 12.8. The first-order valence-corrected chi connectivity index (χ1v) is 12.6. The van der Waals surface area contributed by atoms with E-state index in [1.165, 1.54) is 6.33 Å². The molecule has 4 heterocycles. The summed E-state index contributed by atoms with van der Waals surface area (Å²) in [5, 5.41) is 9.82. The molecule has 3 aromatic rings. The molecule has 1 aliphatic rings. The van der Waals surface area contributed by atoms with Gasteiger partial charge in [-0.2, -0.15) is 5.10 Å². The van der Waals surface area contributed by atoms with E-state index >= 15 is 0 Å². The zero-order chi connectivity index (χ0) is 27.6. The molecule has 202 valence electrons. The Morgan fingerprint density at radius 1 is 0.611 bits per heavy atom. The molecule has 0 saturated heterocycles. The number of aliphatic imine (C=N–C) groups is 1. The van der Waals surface area contributed by atoms with Gasteiger partial charge in [0.2, 0.25) is 0 Å². The molecule has 36 heavy (non-hydrogen) atoms. The highest BCUT2D eigenvalue weighted by Gasteiger charge is 2.20. The molecule has 9 heteroatoms. The number of amidine groups is 1. The van der Waals surface area contributed by atoms with Crippen LogP contribution in [-0.4, -0.2) is 54.0 Å². The zero-order valence-corrected chi connectivity index (χ0v) is 24.5. The second-order valence-electron chi connectivity index (χ2n) is 12.9. The van der Waals surface area contributed by atoms with E-state index in [2.05, 4.69) is 129 Å². The summed E-state index contributed by atoms with van der Waals surface area (Å²) in [5.41, 5.74) is 0.625. The van der Waals surface area contributed by atoms with Crippen molar-refractivity contribution in [3.05, 3.63) is 48.6 Å². The molecular formula is C27H49N9. The van der Waals surface area contributed by atoms with Gasteiger partial charge >= 0.3 is 0 Å². The molecule has 0 saturated carbocycles. The molecular weight excluding hydrogens is 450 g/mol. The first kappa shape index (κ1) is 31.1. The number of hydrogen-bond donors (Lipinski definition) is 4. The van der Waals surface area contributed by atoms with Gasteiger partial charge in [0.25, 0.3) is 0 Å². The largest absolute Gasteiger partial charge is 0.372 e. The average molecular weight is 500 g/mol. The summed E-state index contributed by atoms with van der Waals surface area (Å²) in [4.78, 5) is 22.7. The van der Waals surface area contributed by atoms with Gasteiger partial charge in [-0.05, 0) is 0 Å². The molecule has 4 rings (SSSR count). The van der Waals surface area contributed by atoms with Crippen molar-refractivity contribution >= 4 is 5.84 Å². The molecule has 0 bridgehead atoms. The third kappa shape index (κ3) is 11.6. The van der Waals surface area contributed by atoms with Crippen molar-refractivity contribution in [2.75, 3.05) is 13.1 Å². The predicted molar refractivity (Wildman–Crippen MR) is 149 cm³/mol. The van der Waals surface area contributed by atoms with Crippen LogP contribution in [0.2, 0.25) is 0 Å². The van der Waals surface area contributed by atoms with Gasteiger partial charge in [-0.1, -0.05) is 83.1 Å². The molecule has 0 atom stereocenters. The van der Waals surface area contributed by atoms with Crippen molar-refractivity contribution in [2.45, 2.75) is 99.3 Å². The van der Waals surface area contributed by atoms with Gasteiger partial charge < -0.3 is 15.3 Å². The van der Waals surface area contributed by atoms with Crippen LogP contribution >= 0.6 is 0 Å². The van der Waals surface area contributed by atoms with Gasteiger partial charge in [0.05, 0.1) is 6.54 Å². The highest BCUT2D eigenvalue weighted by Crippen LogP contribution is 2.18. The van der Waals surface area contributed by atoms with Gasteiger partial charge in [0.1, 0.15) is 29.6 Å². The van der Waals surface area contributed by atoms with Crippen LogP contribution in [0.25, 0.3) is 0 Å². The number of aromatic amines is 3. The molecule has 0 spiro atoms. The van der Waals surface area contributed by atoms with E-state index in [1.807, 2.05) is 12.4 Å². The lowest BCUT2D eigenvalue weighted by Crippen LogP contribution is -2.31. The molecule has 0 aliphatic carbocycles. The Kier molecular flexibility index (Phi) is 11.1. The quantitative estimate of drug-likeness (QED) is 0.323. The maximum Gasteiger partial charge on any atom is 0.137 e. The molecule has 1 aliphatic heterocycles. The standard InChI is InChI=1S/C7H14N2.2C7H12N2.C6H11N3/c3*1-7(2,3)6-8-4-5-9-6;1-6(2,3)5-7-4-8-9-5/h4-5H2,1-3H3,(H,8,9);2*4-5H,1-3H3,(H,8,9);4H,1-3H3,(H,7,8,9). The molecule has 0 amide bonds. The first-order chi connectivity index (χ1) is 16.4. The summed E-state index contributed by atoms with van der Waals surface area (Å²) in [6.45, 7) is 27.5. The minimum atomic E-state index is 0.0938. The Bertz CT molecular complexity index is 867. The van der Waals surface area contributed by atoms with Crippen LogP contribution in [-0.2, 0) is 16.2 Å². The third-order valence-electron chi connectivity index (χ3n) is 4.93. The van der Waals surface area contributed by atoms with Crippen LogP contribution in [0.1, 0.15) is 101 Å². The van der Waals surface area contributed by atoms with Gasteiger partial charge in [-0.3, -0.25) is 10.1 Å². The lowest BCUT2D eigenvalue weighted by Gasteiger charge is -2.18. The molecule has 0 radical (unpaired) electrons. The Hall–Kier alpha value is -2.97. The van der Waals surface area contributed by atoms with E-state index in [0.29, 0.717) is 0 Å². The van der Waals surface area contributed by atoms with Gasteiger partial charge in [-0.15, -0.1) is 0 Å². The number of H-pyrrole nitrogens is 3. The summed E-state index contributed by atoms with van der Waals surface area (Å²) < 4.78 is 0. The van der Waals surface area contributed by atoms with E-state index in [-0.39, 0.29) is 21.7 Å². The number of rotatable bonds is 0. The summed E-state index contributed by atoms with van der Waals surface area (Å²) in [5.74, 6) is 4.18. The van der Waals surface area contributed by atoms with Crippen molar-refractivity contribution in [1.82, 2.24) is 40.4 Å². The lowest BCUT2D eigenvalue weighted by molar-refractivity contribution is 0.548. The van der Waals surface area contributed by atoms with Gasteiger partial charge in [0.15, 0.2) is 0 Å². The van der Waals surface area contributed by atoms with Crippen LogP contribution in [0.3, 0.4) is 0 Å². The summed E-state index contributed by atoms with van der Waals surface area (Å²) in [6, 6.07) is 0. The van der Waals surface area contributed by atoms with Crippen molar-refractivity contribution in [2.24, 2.45) is 10.4 Å². The summed E-state index contributed by atoms with van der Waals surface area (Å²) in [6.07, 6.45) is 8.78. The molecule has 0 unspecified atom stereocenters. The highest BCUT2D eigenvalue weighted by atomic mass is 15.2. The number of hydrogen-bond acceptors (Lipinski definition) is 6. The topological polar surface area (TPSA) is 123 Å². The van der Waals surface area contributed by atoms with Crippen LogP contribution < -0.4 is 5.32 Å². The van der Waals surface area contributed by atoms with E-state index in [4.69, 9.17) is 0 Å². The first-order valence-electron chi connectivity index (χ1n) is 12.6. The second-order valence-corrected chi connectivity index (χ2v) is 12.9.